The van der Waals surface area contributed by atoms with E-state index in [1.54, 1.807) is 0 Å². The van der Waals surface area contributed by atoms with Gasteiger partial charge in [-0.2, -0.15) is 0 Å². The van der Waals surface area contributed by atoms with Gasteiger partial charge >= 0.3 is 0 Å². The normalized spacial score (nSPS) is 17.9. The Kier molecular flexibility index (Phi) is 4.28. The second-order valence-corrected chi connectivity index (χ2v) is 7.26. The second kappa shape index (κ2) is 6.22. The van der Waals surface area contributed by atoms with Crippen LogP contribution in [-0.4, -0.2) is 22.1 Å². The molecule has 0 bridgehead atoms. The Labute approximate surface area is 139 Å². The van der Waals surface area contributed by atoms with Crippen LogP contribution in [0.1, 0.15) is 37.3 Å². The first-order chi connectivity index (χ1) is 11.0. The molecule has 5 nitrogen and oxygen atoms in total. The van der Waals surface area contributed by atoms with Crippen molar-refractivity contribution in [1.82, 2.24) is 10.2 Å². The van der Waals surface area contributed by atoms with Gasteiger partial charge in [0.1, 0.15) is 5.01 Å². The Balaban J connectivity index is 1.74. The molecule has 0 saturated carbocycles. The van der Waals surface area contributed by atoms with E-state index in [-0.39, 0.29) is 17.4 Å². The van der Waals surface area contributed by atoms with Crippen LogP contribution in [-0.2, 0) is 10.2 Å². The van der Waals surface area contributed by atoms with Crippen molar-refractivity contribution in [2.45, 2.75) is 38.1 Å². The molecule has 3 N–H and O–H groups in total. The number of anilines is 1. The van der Waals surface area contributed by atoms with Gasteiger partial charge in [-0.3, -0.25) is 10.1 Å². The monoisotopic (exact) mass is 328 g/mol. The lowest BCUT2D eigenvalue weighted by molar-refractivity contribution is -0.112. The third-order valence-electron chi connectivity index (χ3n) is 4.12. The highest BCUT2D eigenvalue weighted by Gasteiger charge is 2.28. The maximum atomic E-state index is 12.2. The highest BCUT2D eigenvalue weighted by molar-refractivity contribution is 7.15. The van der Waals surface area contributed by atoms with Gasteiger partial charge in [0, 0.05) is 17.0 Å². The summed E-state index contributed by atoms with van der Waals surface area (Å²) in [4.78, 5) is 12.2. The molecule has 0 saturated heterocycles. The Hall–Kier alpha value is -2.05. The van der Waals surface area contributed by atoms with Crippen LogP contribution in [0.3, 0.4) is 0 Å². The van der Waals surface area contributed by atoms with Crippen LogP contribution >= 0.6 is 11.3 Å². The molecular weight excluding hydrogens is 308 g/mol. The molecule has 0 fully saturated rings. The maximum absolute atomic E-state index is 12.2. The molecule has 1 aliphatic rings. The predicted molar refractivity (Wildman–Crippen MR) is 92.4 cm³/mol. The lowest BCUT2D eigenvalue weighted by Crippen LogP contribution is -2.19. The van der Waals surface area contributed by atoms with Gasteiger partial charge in [0.15, 0.2) is 0 Å². The van der Waals surface area contributed by atoms with Crippen LogP contribution in [0.2, 0.25) is 0 Å². The highest BCUT2D eigenvalue weighted by Crippen LogP contribution is 2.34. The number of nitrogens with one attached hydrogen (secondary N) is 1. The standard InChI is InChI=1S/C17H20N4OS/c1-17(2,12-6-4-3-5-7-12)15-20-21-16(23-15)19-14(22)11-8-9-13(18)10-11/h3-8,13H,9-10,18H2,1-2H3,(H,19,21,22). The van der Waals surface area contributed by atoms with Crippen molar-refractivity contribution in [2.24, 2.45) is 5.73 Å². The zero-order valence-corrected chi connectivity index (χ0v) is 14.1. The first kappa shape index (κ1) is 15.8. The molecule has 1 amide bonds. The first-order valence-electron chi connectivity index (χ1n) is 7.62. The van der Waals surface area contributed by atoms with E-state index in [1.807, 2.05) is 24.3 Å². The molecule has 0 spiro atoms. The van der Waals surface area contributed by atoms with E-state index in [2.05, 4.69) is 41.5 Å². The summed E-state index contributed by atoms with van der Waals surface area (Å²) < 4.78 is 0. The van der Waals surface area contributed by atoms with Crippen molar-refractivity contribution in [3.63, 3.8) is 0 Å². The van der Waals surface area contributed by atoms with Crippen LogP contribution in [0.15, 0.2) is 42.0 Å². The van der Waals surface area contributed by atoms with Crippen LogP contribution < -0.4 is 11.1 Å². The number of amides is 1. The zero-order chi connectivity index (χ0) is 16.4. The van der Waals surface area contributed by atoms with E-state index in [4.69, 9.17) is 5.73 Å². The summed E-state index contributed by atoms with van der Waals surface area (Å²) in [5.74, 6) is -0.127. The van der Waals surface area contributed by atoms with Crippen LogP contribution in [0.5, 0.6) is 0 Å². The zero-order valence-electron chi connectivity index (χ0n) is 13.2. The van der Waals surface area contributed by atoms with E-state index in [0.717, 1.165) is 17.0 Å². The lowest BCUT2D eigenvalue weighted by atomic mass is 9.85. The largest absolute Gasteiger partial charge is 0.327 e. The summed E-state index contributed by atoms with van der Waals surface area (Å²) in [6.07, 6.45) is 3.27. The first-order valence-corrected chi connectivity index (χ1v) is 8.44. The van der Waals surface area contributed by atoms with E-state index in [9.17, 15) is 4.79 Å². The molecule has 3 rings (SSSR count). The molecular formula is C17H20N4OS. The molecule has 1 aromatic carbocycles. The Morgan fingerprint density at radius 1 is 1.30 bits per heavy atom. The van der Waals surface area contributed by atoms with Gasteiger partial charge in [0.05, 0.1) is 0 Å². The third-order valence-corrected chi connectivity index (χ3v) is 5.28. The summed E-state index contributed by atoms with van der Waals surface area (Å²) in [5.41, 5.74) is 7.47. The third kappa shape index (κ3) is 3.33. The molecule has 1 aromatic heterocycles. The number of carbonyl (C=O) groups excluding carboxylic acids is 1. The number of rotatable bonds is 4. The number of aromatic nitrogens is 2. The van der Waals surface area contributed by atoms with Crippen molar-refractivity contribution in [3.8, 4) is 0 Å². The Morgan fingerprint density at radius 3 is 2.70 bits per heavy atom. The van der Waals surface area contributed by atoms with Crippen molar-refractivity contribution in [3.05, 3.63) is 52.6 Å². The smallest absolute Gasteiger partial charge is 0.253 e. The van der Waals surface area contributed by atoms with Crippen molar-refractivity contribution in [2.75, 3.05) is 5.32 Å². The molecule has 120 valence electrons. The molecule has 2 aromatic rings. The summed E-state index contributed by atoms with van der Waals surface area (Å²) in [6, 6.07) is 10.2. The van der Waals surface area contributed by atoms with Crippen molar-refractivity contribution in [1.29, 1.82) is 0 Å². The maximum Gasteiger partial charge on any atom is 0.253 e. The number of carbonyl (C=O) groups is 1. The van der Waals surface area contributed by atoms with Gasteiger partial charge in [-0.25, -0.2) is 0 Å². The minimum atomic E-state index is -0.253. The fraction of sp³-hybridized carbons (Fsp3) is 0.353. The number of hydrogen-bond acceptors (Lipinski definition) is 5. The van der Waals surface area contributed by atoms with E-state index < -0.39 is 0 Å². The second-order valence-electron chi connectivity index (χ2n) is 6.29. The van der Waals surface area contributed by atoms with E-state index in [0.29, 0.717) is 11.6 Å². The molecule has 0 aliphatic heterocycles. The van der Waals surface area contributed by atoms with Crippen LogP contribution in [0.4, 0.5) is 5.13 Å². The van der Waals surface area contributed by atoms with Crippen molar-refractivity contribution < 1.29 is 4.79 Å². The van der Waals surface area contributed by atoms with Gasteiger partial charge in [-0.05, 0) is 32.3 Å². The molecule has 1 atom stereocenters. The predicted octanol–water partition coefficient (Wildman–Crippen LogP) is 2.85. The van der Waals surface area contributed by atoms with Gasteiger partial charge in [0.2, 0.25) is 5.13 Å². The summed E-state index contributed by atoms with van der Waals surface area (Å²) in [7, 11) is 0. The summed E-state index contributed by atoms with van der Waals surface area (Å²) in [6.45, 7) is 4.21. The molecule has 1 unspecified atom stereocenters. The molecule has 23 heavy (non-hydrogen) atoms. The van der Waals surface area contributed by atoms with E-state index in [1.165, 1.54) is 16.9 Å². The quantitative estimate of drug-likeness (QED) is 0.904. The number of hydrogen-bond donors (Lipinski definition) is 2. The number of nitrogens with two attached hydrogens (primary N) is 1. The Bertz CT molecular complexity index is 736. The van der Waals surface area contributed by atoms with Gasteiger partial charge < -0.3 is 5.73 Å². The minimum absolute atomic E-state index is 0.0535. The van der Waals surface area contributed by atoms with E-state index >= 15 is 0 Å². The van der Waals surface area contributed by atoms with Gasteiger partial charge in [0.25, 0.3) is 5.91 Å². The fourth-order valence-corrected chi connectivity index (χ4v) is 3.47. The minimum Gasteiger partial charge on any atom is -0.327 e. The summed E-state index contributed by atoms with van der Waals surface area (Å²) >= 11 is 1.41. The Morgan fingerprint density at radius 2 is 2.04 bits per heavy atom. The lowest BCUT2D eigenvalue weighted by Gasteiger charge is -2.21. The number of nitrogens with zero attached hydrogens (tertiary/aromatic N) is 2. The molecule has 6 heteroatoms. The SMILES string of the molecule is CC(C)(c1ccccc1)c1nnc(NC(=O)C2=CCC(N)C2)s1. The van der Waals surface area contributed by atoms with Gasteiger partial charge in [-0.15, -0.1) is 10.2 Å². The average molecular weight is 328 g/mol. The number of benzene rings is 1. The van der Waals surface area contributed by atoms with Gasteiger partial charge in [-0.1, -0.05) is 47.7 Å². The van der Waals surface area contributed by atoms with Crippen LogP contribution in [0.25, 0.3) is 0 Å². The molecule has 1 heterocycles. The average Bonchev–Trinajstić information content (AvgIpc) is 3.17. The topological polar surface area (TPSA) is 80.9 Å². The van der Waals surface area contributed by atoms with Crippen LogP contribution in [0, 0.1) is 0 Å². The fourth-order valence-electron chi connectivity index (χ4n) is 2.61. The summed E-state index contributed by atoms with van der Waals surface area (Å²) in [5, 5.41) is 12.6. The van der Waals surface area contributed by atoms with Crippen molar-refractivity contribution >= 4 is 22.4 Å². The highest BCUT2D eigenvalue weighted by atomic mass is 32.1. The molecule has 0 radical (unpaired) electrons. The molecule has 1 aliphatic carbocycles.